The predicted octanol–water partition coefficient (Wildman–Crippen LogP) is 2.52. The van der Waals surface area contributed by atoms with E-state index < -0.39 is 0 Å². The molecular formula is C13H19ClN2O. The largest absolute Gasteiger partial charge is 0.353 e. The minimum Gasteiger partial charge on any atom is -0.353 e. The predicted molar refractivity (Wildman–Crippen MR) is 71.1 cm³/mol. The molecule has 0 aliphatic heterocycles. The minimum atomic E-state index is -0.00102. The average molecular weight is 255 g/mol. The van der Waals surface area contributed by atoms with Crippen molar-refractivity contribution in [2.45, 2.75) is 32.9 Å². The second kappa shape index (κ2) is 6.62. The summed E-state index contributed by atoms with van der Waals surface area (Å²) in [5.41, 5.74) is 1.01. The van der Waals surface area contributed by atoms with Crippen LogP contribution in [0, 0.1) is 0 Å². The standard InChI is InChI=1S/C13H19ClN2O/c1-9(2)16-13(17)8-15-10(3)11-6-4-5-7-12(11)14/h4-7,9-10,15H,8H2,1-3H3,(H,16,17)/t10-/m0/s1. The Kier molecular flexibility index (Phi) is 5.45. The highest BCUT2D eigenvalue weighted by atomic mass is 35.5. The Morgan fingerprint density at radius 3 is 2.53 bits per heavy atom. The average Bonchev–Trinajstić information content (AvgIpc) is 2.25. The van der Waals surface area contributed by atoms with Crippen LogP contribution in [0.5, 0.6) is 0 Å². The van der Waals surface area contributed by atoms with Gasteiger partial charge in [-0.15, -0.1) is 0 Å². The lowest BCUT2D eigenvalue weighted by Gasteiger charge is -2.16. The molecule has 2 N–H and O–H groups in total. The van der Waals surface area contributed by atoms with Gasteiger partial charge in [-0.2, -0.15) is 0 Å². The van der Waals surface area contributed by atoms with Crippen LogP contribution in [0.25, 0.3) is 0 Å². The summed E-state index contributed by atoms with van der Waals surface area (Å²) < 4.78 is 0. The molecule has 17 heavy (non-hydrogen) atoms. The van der Waals surface area contributed by atoms with Gasteiger partial charge >= 0.3 is 0 Å². The Hall–Kier alpha value is -1.06. The molecule has 0 unspecified atom stereocenters. The van der Waals surface area contributed by atoms with Crippen LogP contribution < -0.4 is 10.6 Å². The van der Waals surface area contributed by atoms with E-state index in [0.717, 1.165) is 10.6 Å². The van der Waals surface area contributed by atoms with E-state index in [9.17, 15) is 4.79 Å². The summed E-state index contributed by atoms with van der Waals surface area (Å²) in [5.74, 6) is -0.00102. The molecule has 1 amide bonds. The van der Waals surface area contributed by atoms with Crippen LogP contribution in [0.4, 0.5) is 0 Å². The van der Waals surface area contributed by atoms with Crippen molar-refractivity contribution in [3.63, 3.8) is 0 Å². The monoisotopic (exact) mass is 254 g/mol. The van der Waals surface area contributed by atoms with Crippen LogP contribution in [-0.2, 0) is 4.79 Å². The van der Waals surface area contributed by atoms with Gasteiger partial charge in [0.05, 0.1) is 6.54 Å². The second-order valence-electron chi connectivity index (χ2n) is 4.35. The molecular weight excluding hydrogens is 236 g/mol. The third kappa shape index (κ3) is 4.75. The first-order valence-corrected chi connectivity index (χ1v) is 6.15. The van der Waals surface area contributed by atoms with E-state index in [1.807, 2.05) is 45.0 Å². The molecule has 0 aliphatic rings. The number of amides is 1. The Morgan fingerprint density at radius 2 is 1.94 bits per heavy atom. The summed E-state index contributed by atoms with van der Waals surface area (Å²) >= 11 is 6.08. The molecule has 94 valence electrons. The van der Waals surface area contributed by atoms with E-state index in [4.69, 9.17) is 11.6 Å². The van der Waals surface area contributed by atoms with Crippen molar-refractivity contribution in [2.24, 2.45) is 0 Å². The fourth-order valence-corrected chi connectivity index (χ4v) is 1.85. The molecule has 0 aliphatic carbocycles. The maximum absolute atomic E-state index is 11.5. The molecule has 0 saturated carbocycles. The van der Waals surface area contributed by atoms with E-state index in [1.54, 1.807) is 0 Å². The zero-order valence-electron chi connectivity index (χ0n) is 10.5. The van der Waals surface area contributed by atoms with Gasteiger partial charge in [-0.05, 0) is 32.4 Å². The second-order valence-corrected chi connectivity index (χ2v) is 4.75. The van der Waals surface area contributed by atoms with Crippen LogP contribution in [0.2, 0.25) is 5.02 Å². The molecule has 0 aromatic heterocycles. The van der Waals surface area contributed by atoms with Gasteiger partial charge in [-0.1, -0.05) is 29.8 Å². The molecule has 1 aromatic rings. The first-order chi connectivity index (χ1) is 8.00. The quantitative estimate of drug-likeness (QED) is 0.848. The van der Waals surface area contributed by atoms with Crippen molar-refractivity contribution in [1.82, 2.24) is 10.6 Å². The van der Waals surface area contributed by atoms with Crippen molar-refractivity contribution >= 4 is 17.5 Å². The number of nitrogens with one attached hydrogen (secondary N) is 2. The number of hydrogen-bond donors (Lipinski definition) is 2. The number of carbonyl (C=O) groups excluding carboxylic acids is 1. The highest BCUT2D eigenvalue weighted by Gasteiger charge is 2.10. The van der Waals surface area contributed by atoms with Crippen molar-refractivity contribution in [3.05, 3.63) is 34.9 Å². The van der Waals surface area contributed by atoms with Gasteiger partial charge in [-0.25, -0.2) is 0 Å². The topological polar surface area (TPSA) is 41.1 Å². The van der Waals surface area contributed by atoms with Gasteiger partial charge in [0.1, 0.15) is 0 Å². The zero-order chi connectivity index (χ0) is 12.8. The molecule has 3 nitrogen and oxygen atoms in total. The van der Waals surface area contributed by atoms with E-state index in [0.29, 0.717) is 6.54 Å². The molecule has 4 heteroatoms. The van der Waals surface area contributed by atoms with Gasteiger partial charge in [0.15, 0.2) is 0 Å². The molecule has 0 saturated heterocycles. The third-order valence-corrected chi connectivity index (χ3v) is 2.73. The molecule has 1 rings (SSSR count). The van der Waals surface area contributed by atoms with Crippen LogP contribution in [0.3, 0.4) is 0 Å². The molecule has 0 heterocycles. The summed E-state index contributed by atoms with van der Waals surface area (Å²) in [6.45, 7) is 6.17. The van der Waals surface area contributed by atoms with Crippen LogP contribution >= 0.6 is 11.6 Å². The van der Waals surface area contributed by atoms with E-state index >= 15 is 0 Å². The Balaban J connectivity index is 2.48. The first kappa shape index (κ1) is 14.0. The van der Waals surface area contributed by atoms with Crippen LogP contribution in [0.15, 0.2) is 24.3 Å². The third-order valence-electron chi connectivity index (χ3n) is 2.39. The van der Waals surface area contributed by atoms with Crippen molar-refractivity contribution in [3.8, 4) is 0 Å². The normalized spacial score (nSPS) is 12.5. The van der Waals surface area contributed by atoms with Crippen LogP contribution in [0.1, 0.15) is 32.4 Å². The van der Waals surface area contributed by atoms with Crippen LogP contribution in [-0.4, -0.2) is 18.5 Å². The number of hydrogen-bond acceptors (Lipinski definition) is 2. The molecule has 1 aromatic carbocycles. The van der Waals surface area contributed by atoms with Crippen molar-refractivity contribution < 1.29 is 4.79 Å². The zero-order valence-corrected chi connectivity index (χ0v) is 11.2. The van der Waals surface area contributed by atoms with Gasteiger partial charge in [0.25, 0.3) is 0 Å². The lowest BCUT2D eigenvalue weighted by atomic mass is 10.1. The molecule has 0 fully saturated rings. The van der Waals surface area contributed by atoms with Crippen molar-refractivity contribution in [2.75, 3.05) is 6.54 Å². The summed E-state index contributed by atoms with van der Waals surface area (Å²) in [6, 6.07) is 7.86. The minimum absolute atomic E-state index is 0.00102. The highest BCUT2D eigenvalue weighted by Crippen LogP contribution is 2.21. The van der Waals surface area contributed by atoms with E-state index in [-0.39, 0.29) is 18.0 Å². The molecule has 1 atom stereocenters. The fraction of sp³-hybridized carbons (Fsp3) is 0.462. The molecule has 0 bridgehead atoms. The highest BCUT2D eigenvalue weighted by molar-refractivity contribution is 6.31. The molecule has 0 spiro atoms. The molecule has 0 radical (unpaired) electrons. The summed E-state index contributed by atoms with van der Waals surface area (Å²) in [4.78, 5) is 11.5. The Morgan fingerprint density at radius 1 is 1.29 bits per heavy atom. The van der Waals surface area contributed by atoms with E-state index in [1.165, 1.54) is 0 Å². The number of halogens is 1. The summed E-state index contributed by atoms with van der Waals surface area (Å²) in [6.07, 6.45) is 0. The van der Waals surface area contributed by atoms with Gasteiger partial charge in [-0.3, -0.25) is 4.79 Å². The Labute approximate surface area is 108 Å². The summed E-state index contributed by atoms with van der Waals surface area (Å²) in [7, 11) is 0. The maximum atomic E-state index is 11.5. The SMILES string of the molecule is CC(C)NC(=O)CN[C@@H](C)c1ccccc1Cl. The number of benzene rings is 1. The smallest absolute Gasteiger partial charge is 0.234 e. The van der Waals surface area contributed by atoms with Gasteiger partial charge in [0, 0.05) is 17.1 Å². The maximum Gasteiger partial charge on any atom is 0.234 e. The first-order valence-electron chi connectivity index (χ1n) is 5.78. The van der Waals surface area contributed by atoms with Gasteiger partial charge in [0.2, 0.25) is 5.91 Å². The summed E-state index contributed by atoms with van der Waals surface area (Å²) in [5, 5.41) is 6.70. The lowest BCUT2D eigenvalue weighted by Crippen LogP contribution is -2.38. The van der Waals surface area contributed by atoms with E-state index in [2.05, 4.69) is 10.6 Å². The lowest BCUT2D eigenvalue weighted by molar-refractivity contribution is -0.120. The van der Waals surface area contributed by atoms with Gasteiger partial charge < -0.3 is 10.6 Å². The Bertz CT molecular complexity index is 379. The van der Waals surface area contributed by atoms with Crippen molar-refractivity contribution in [1.29, 1.82) is 0 Å². The fourth-order valence-electron chi connectivity index (χ4n) is 1.56. The number of carbonyl (C=O) groups is 1. The number of rotatable bonds is 5.